The minimum absolute atomic E-state index is 0.0429. The highest BCUT2D eigenvalue weighted by Gasteiger charge is 2.10. The van der Waals surface area contributed by atoms with Crippen LogP contribution in [0.3, 0.4) is 0 Å². The zero-order valence-electron chi connectivity index (χ0n) is 15.4. The lowest BCUT2D eigenvalue weighted by Gasteiger charge is -2.14. The molecule has 0 aromatic heterocycles. The Morgan fingerprint density at radius 1 is 1.26 bits per heavy atom. The normalized spacial score (nSPS) is 12.8. The summed E-state index contributed by atoms with van der Waals surface area (Å²) < 4.78 is 19.5. The van der Waals surface area contributed by atoms with Gasteiger partial charge in [-0.3, -0.25) is 0 Å². The molecule has 0 fully saturated rings. The van der Waals surface area contributed by atoms with Crippen LogP contribution in [0.1, 0.15) is 38.8 Å². The number of rotatable bonds is 6. The van der Waals surface area contributed by atoms with Crippen LogP contribution in [0.4, 0.5) is 10.1 Å². The summed E-state index contributed by atoms with van der Waals surface area (Å²) in [6.07, 6.45) is 3.41. The fourth-order valence-corrected chi connectivity index (χ4v) is 1.97. The van der Waals surface area contributed by atoms with Crippen LogP contribution in [-0.2, 0) is 0 Å². The van der Waals surface area contributed by atoms with Crippen molar-refractivity contribution >= 4 is 12.0 Å². The lowest BCUT2D eigenvalue weighted by atomic mass is 9.96. The second-order valence-electron chi connectivity index (χ2n) is 6.97. The third-order valence-electron chi connectivity index (χ3n) is 3.34. The van der Waals surface area contributed by atoms with Crippen molar-refractivity contribution in [1.82, 2.24) is 4.90 Å². The molecule has 0 N–H and O–H groups in total. The van der Waals surface area contributed by atoms with Crippen LogP contribution in [0.5, 0.6) is 5.75 Å². The van der Waals surface area contributed by atoms with Crippen LogP contribution in [0.25, 0.3) is 0 Å². The van der Waals surface area contributed by atoms with Gasteiger partial charge in [0.25, 0.3) is 0 Å². The Morgan fingerprint density at radius 3 is 2.48 bits per heavy atom. The first-order valence-electron chi connectivity index (χ1n) is 7.98. The van der Waals surface area contributed by atoms with Gasteiger partial charge in [-0.2, -0.15) is 0 Å². The first-order valence-corrected chi connectivity index (χ1v) is 7.98. The van der Waals surface area contributed by atoms with E-state index in [-0.39, 0.29) is 17.8 Å². The molecule has 23 heavy (non-hydrogen) atoms. The lowest BCUT2D eigenvalue weighted by Crippen LogP contribution is -2.14. The summed E-state index contributed by atoms with van der Waals surface area (Å²) in [6.45, 7) is 12.7. The Balaban J connectivity index is 2.85. The third kappa shape index (κ3) is 6.85. The van der Waals surface area contributed by atoms with Crippen molar-refractivity contribution in [1.29, 1.82) is 0 Å². The molecule has 4 heteroatoms. The van der Waals surface area contributed by atoms with E-state index in [4.69, 9.17) is 4.74 Å². The number of hydrogen-bond acceptors (Lipinski definition) is 2. The molecule has 0 aliphatic rings. The van der Waals surface area contributed by atoms with Gasteiger partial charge in [0.1, 0.15) is 18.2 Å². The monoisotopic (exact) mass is 320 g/mol. The van der Waals surface area contributed by atoms with Gasteiger partial charge in [-0.25, -0.2) is 9.38 Å². The molecule has 0 saturated carbocycles. The van der Waals surface area contributed by atoms with E-state index in [0.29, 0.717) is 5.75 Å². The quantitative estimate of drug-likeness (QED) is 0.532. The van der Waals surface area contributed by atoms with Crippen molar-refractivity contribution in [3.05, 3.63) is 35.2 Å². The molecule has 0 radical (unpaired) electrons. The molecule has 128 valence electrons. The second kappa shape index (κ2) is 8.14. The van der Waals surface area contributed by atoms with Gasteiger partial charge in [0.05, 0.1) is 12.0 Å². The minimum Gasteiger partial charge on any atom is -0.486 e. The molecule has 0 aliphatic carbocycles. The van der Waals surface area contributed by atoms with Gasteiger partial charge in [0.2, 0.25) is 0 Å². The summed E-state index contributed by atoms with van der Waals surface area (Å²) in [5.41, 5.74) is 2.67. The van der Waals surface area contributed by atoms with Gasteiger partial charge in [0.15, 0.2) is 0 Å². The molecule has 1 rings (SSSR count). The number of ether oxygens (including phenoxy) is 1. The van der Waals surface area contributed by atoms with Gasteiger partial charge >= 0.3 is 0 Å². The standard InChI is InChI=1S/C19H29FN2O/c1-8-22(7)13-21-17-9-15(3)18(10-14(17)2)23-12-16(20)11-19(4,5)6/h9-11,13H,8,12H2,1-7H3/b16-11-,21-13+. The van der Waals surface area contributed by atoms with E-state index in [1.807, 2.05) is 65.0 Å². The molecule has 0 amide bonds. The Labute approximate surface area is 139 Å². The van der Waals surface area contributed by atoms with E-state index >= 15 is 0 Å². The largest absolute Gasteiger partial charge is 0.486 e. The fraction of sp³-hybridized carbons (Fsp3) is 0.526. The van der Waals surface area contributed by atoms with Crippen molar-refractivity contribution in [3.63, 3.8) is 0 Å². The highest BCUT2D eigenvalue weighted by Crippen LogP contribution is 2.28. The Bertz CT molecular complexity index is 586. The smallest absolute Gasteiger partial charge is 0.139 e. The highest BCUT2D eigenvalue weighted by atomic mass is 19.1. The van der Waals surface area contributed by atoms with E-state index in [1.54, 1.807) is 6.08 Å². The minimum atomic E-state index is -0.249. The van der Waals surface area contributed by atoms with E-state index in [2.05, 4.69) is 11.9 Å². The Hall–Kier alpha value is -1.84. The second-order valence-corrected chi connectivity index (χ2v) is 6.97. The van der Waals surface area contributed by atoms with Gasteiger partial charge in [0, 0.05) is 13.6 Å². The molecule has 1 aromatic carbocycles. The first kappa shape index (κ1) is 19.2. The number of aryl methyl sites for hydroxylation is 2. The molecule has 3 nitrogen and oxygen atoms in total. The molecule has 0 unspecified atom stereocenters. The Kier molecular flexibility index (Phi) is 6.79. The summed E-state index contributed by atoms with van der Waals surface area (Å²) in [7, 11) is 1.98. The number of nitrogens with zero attached hydrogens (tertiary/aromatic N) is 2. The maximum absolute atomic E-state index is 13.9. The SMILES string of the molecule is CCN(C)/C=N/c1cc(C)c(OC/C(F)=C/C(C)(C)C)cc1C. The predicted octanol–water partition coefficient (Wildman–Crippen LogP) is 5.19. The maximum Gasteiger partial charge on any atom is 0.139 e. The van der Waals surface area contributed by atoms with E-state index in [9.17, 15) is 4.39 Å². The lowest BCUT2D eigenvalue weighted by molar-refractivity contribution is 0.311. The van der Waals surface area contributed by atoms with Crippen LogP contribution in [0.2, 0.25) is 0 Å². The molecular weight excluding hydrogens is 291 g/mol. The maximum atomic E-state index is 13.9. The van der Waals surface area contributed by atoms with Gasteiger partial charge in [-0.15, -0.1) is 0 Å². The van der Waals surface area contributed by atoms with Crippen LogP contribution >= 0.6 is 0 Å². The van der Waals surface area contributed by atoms with E-state index < -0.39 is 0 Å². The zero-order chi connectivity index (χ0) is 17.6. The summed E-state index contributed by atoms with van der Waals surface area (Å²) in [5.74, 6) is 0.448. The summed E-state index contributed by atoms with van der Waals surface area (Å²) in [4.78, 5) is 6.49. The molecule has 0 spiro atoms. The van der Waals surface area contributed by atoms with Gasteiger partial charge in [-0.1, -0.05) is 20.8 Å². The number of aliphatic imine (C=N–C) groups is 1. The number of allylic oxidation sites excluding steroid dienone is 1. The fourth-order valence-electron chi connectivity index (χ4n) is 1.97. The van der Waals surface area contributed by atoms with Crippen molar-refractivity contribution in [3.8, 4) is 5.75 Å². The molecule has 0 heterocycles. The van der Waals surface area contributed by atoms with E-state index in [1.165, 1.54) is 0 Å². The van der Waals surface area contributed by atoms with Gasteiger partial charge < -0.3 is 9.64 Å². The van der Waals surface area contributed by atoms with Crippen LogP contribution in [0.15, 0.2) is 29.0 Å². The summed E-state index contributed by atoms with van der Waals surface area (Å²) in [5, 5.41) is 0. The highest BCUT2D eigenvalue weighted by molar-refractivity contribution is 5.64. The average molecular weight is 320 g/mol. The summed E-state index contributed by atoms with van der Waals surface area (Å²) >= 11 is 0. The first-order chi connectivity index (χ1) is 10.6. The zero-order valence-corrected chi connectivity index (χ0v) is 15.4. The van der Waals surface area contributed by atoms with E-state index in [0.717, 1.165) is 23.4 Å². The number of halogens is 1. The Morgan fingerprint density at radius 2 is 1.91 bits per heavy atom. The molecule has 0 bridgehead atoms. The number of hydrogen-bond donors (Lipinski definition) is 0. The molecule has 0 saturated heterocycles. The molecule has 0 atom stereocenters. The average Bonchev–Trinajstić information content (AvgIpc) is 2.44. The van der Waals surface area contributed by atoms with Crippen molar-refractivity contribution in [2.24, 2.45) is 10.4 Å². The van der Waals surface area contributed by atoms with Crippen molar-refractivity contribution in [2.45, 2.75) is 41.5 Å². The van der Waals surface area contributed by atoms with Crippen molar-refractivity contribution < 1.29 is 9.13 Å². The predicted molar refractivity (Wildman–Crippen MR) is 96.5 cm³/mol. The van der Waals surface area contributed by atoms with Crippen molar-refractivity contribution in [2.75, 3.05) is 20.2 Å². The third-order valence-corrected chi connectivity index (χ3v) is 3.34. The van der Waals surface area contributed by atoms with Crippen LogP contribution in [-0.4, -0.2) is 31.4 Å². The molecule has 1 aromatic rings. The van der Waals surface area contributed by atoms with Gasteiger partial charge in [-0.05, 0) is 55.5 Å². The molecular formula is C19H29FN2O. The number of benzene rings is 1. The van der Waals surface area contributed by atoms with Crippen LogP contribution in [0, 0.1) is 19.3 Å². The topological polar surface area (TPSA) is 24.8 Å². The summed E-state index contributed by atoms with van der Waals surface area (Å²) in [6, 6.07) is 3.88. The molecule has 0 aliphatic heterocycles. The van der Waals surface area contributed by atoms with Crippen LogP contribution < -0.4 is 4.74 Å².